The van der Waals surface area contributed by atoms with Gasteiger partial charge in [-0.2, -0.15) is 5.26 Å². The van der Waals surface area contributed by atoms with Gasteiger partial charge in [0.1, 0.15) is 29.0 Å². The molecule has 3 aromatic carbocycles. The van der Waals surface area contributed by atoms with E-state index >= 15 is 0 Å². The molecule has 0 bridgehead atoms. The number of carbonyl (C=O) groups is 1. The molecule has 0 saturated carbocycles. The second kappa shape index (κ2) is 9.11. The van der Waals surface area contributed by atoms with Gasteiger partial charge in [-0.05, 0) is 41.7 Å². The van der Waals surface area contributed by atoms with Crippen molar-refractivity contribution in [3.8, 4) is 22.9 Å². The van der Waals surface area contributed by atoms with E-state index in [0.29, 0.717) is 0 Å². The zero-order valence-electron chi connectivity index (χ0n) is 15.9. The number of benzene rings is 3. The van der Waals surface area contributed by atoms with Crippen LogP contribution in [-0.2, 0) is 6.42 Å². The number of carbonyl (C=O) groups excluding carboxylic acids is 1. The molecule has 0 atom stereocenters. The van der Waals surface area contributed by atoms with Crippen LogP contribution in [0.5, 0.6) is 5.75 Å². The van der Waals surface area contributed by atoms with Gasteiger partial charge >= 0.3 is 5.97 Å². The van der Waals surface area contributed by atoms with Gasteiger partial charge in [0.05, 0.1) is 5.56 Å². The van der Waals surface area contributed by atoms with Crippen molar-refractivity contribution in [2.24, 2.45) is 0 Å². The molecule has 0 heterocycles. The van der Waals surface area contributed by atoms with Gasteiger partial charge in [0.15, 0.2) is 0 Å². The van der Waals surface area contributed by atoms with Gasteiger partial charge in [-0.25, -0.2) is 13.6 Å². The highest BCUT2D eigenvalue weighted by atomic mass is 19.1. The third-order valence-electron chi connectivity index (χ3n) is 4.56. The third kappa shape index (κ3) is 4.85. The highest BCUT2D eigenvalue weighted by molar-refractivity contribution is 5.91. The summed E-state index contributed by atoms with van der Waals surface area (Å²) in [6.07, 6.45) is 3.36. The molecule has 0 N–H and O–H groups in total. The average molecular weight is 391 g/mol. The summed E-state index contributed by atoms with van der Waals surface area (Å²) in [5, 5.41) is 8.69. The number of esters is 1. The zero-order chi connectivity index (χ0) is 20.8. The number of unbranched alkanes of at least 4 members (excludes halogenated alkanes) is 1. The number of halogens is 2. The van der Waals surface area contributed by atoms with Crippen LogP contribution in [0.1, 0.15) is 41.3 Å². The Morgan fingerprint density at radius 1 is 0.966 bits per heavy atom. The van der Waals surface area contributed by atoms with Crippen LogP contribution >= 0.6 is 0 Å². The number of ether oxygens (including phenoxy) is 1. The molecule has 0 aliphatic carbocycles. The van der Waals surface area contributed by atoms with Crippen molar-refractivity contribution in [3.05, 3.63) is 89.0 Å². The molecule has 0 aliphatic rings. The van der Waals surface area contributed by atoms with E-state index in [2.05, 4.69) is 19.1 Å². The SMILES string of the molecule is CCCCc1ccc(-c2ccc(C(=O)Oc3cc(F)c(C#N)c(F)c3)cc2)cc1. The lowest BCUT2D eigenvalue weighted by molar-refractivity contribution is 0.0734. The van der Waals surface area contributed by atoms with E-state index in [-0.39, 0.29) is 11.3 Å². The van der Waals surface area contributed by atoms with Gasteiger partial charge < -0.3 is 4.74 Å². The van der Waals surface area contributed by atoms with Crippen molar-refractivity contribution in [2.75, 3.05) is 0 Å². The summed E-state index contributed by atoms with van der Waals surface area (Å²) in [5.41, 5.74) is 2.80. The molecule has 29 heavy (non-hydrogen) atoms. The Hall–Kier alpha value is -3.52. The Labute approximate surface area is 168 Å². The molecule has 146 valence electrons. The van der Waals surface area contributed by atoms with Gasteiger partial charge in [-0.15, -0.1) is 0 Å². The van der Waals surface area contributed by atoms with E-state index in [1.807, 2.05) is 12.1 Å². The molecule has 3 nitrogen and oxygen atoms in total. The number of hydrogen-bond acceptors (Lipinski definition) is 3. The molecule has 0 saturated heterocycles. The first-order valence-electron chi connectivity index (χ1n) is 9.32. The smallest absolute Gasteiger partial charge is 0.343 e. The molecule has 0 amide bonds. The van der Waals surface area contributed by atoms with E-state index in [0.717, 1.165) is 42.5 Å². The van der Waals surface area contributed by atoms with E-state index < -0.39 is 23.2 Å². The van der Waals surface area contributed by atoms with Crippen molar-refractivity contribution < 1.29 is 18.3 Å². The second-order valence-electron chi connectivity index (χ2n) is 6.64. The lowest BCUT2D eigenvalue weighted by Gasteiger charge is -2.07. The Morgan fingerprint density at radius 2 is 1.52 bits per heavy atom. The molecule has 0 radical (unpaired) electrons. The fourth-order valence-electron chi connectivity index (χ4n) is 2.93. The molecule has 0 aromatic heterocycles. The van der Waals surface area contributed by atoms with E-state index in [1.54, 1.807) is 24.3 Å². The standard InChI is InChI=1S/C24H19F2NO2/c1-2-3-4-16-5-7-17(8-6-16)18-9-11-19(12-10-18)24(28)29-20-13-22(25)21(15-27)23(26)14-20/h5-14H,2-4H2,1H3. The number of aryl methyl sites for hydroxylation is 1. The van der Waals surface area contributed by atoms with Crippen LogP contribution in [0.15, 0.2) is 60.7 Å². The molecule has 3 aromatic rings. The maximum atomic E-state index is 13.6. The lowest BCUT2D eigenvalue weighted by Crippen LogP contribution is -2.09. The third-order valence-corrected chi connectivity index (χ3v) is 4.56. The number of nitriles is 1. The highest BCUT2D eigenvalue weighted by Gasteiger charge is 2.15. The van der Waals surface area contributed by atoms with E-state index in [1.165, 1.54) is 11.6 Å². The maximum absolute atomic E-state index is 13.6. The zero-order valence-corrected chi connectivity index (χ0v) is 15.9. The Morgan fingerprint density at radius 3 is 2.03 bits per heavy atom. The monoisotopic (exact) mass is 391 g/mol. The maximum Gasteiger partial charge on any atom is 0.343 e. The average Bonchev–Trinajstić information content (AvgIpc) is 2.72. The molecule has 0 spiro atoms. The van der Waals surface area contributed by atoms with Crippen LogP contribution in [0, 0.1) is 23.0 Å². The first-order valence-corrected chi connectivity index (χ1v) is 9.32. The summed E-state index contributed by atoms with van der Waals surface area (Å²) < 4.78 is 32.3. The second-order valence-corrected chi connectivity index (χ2v) is 6.64. The van der Waals surface area contributed by atoms with Crippen LogP contribution in [0.3, 0.4) is 0 Å². The minimum atomic E-state index is -1.08. The van der Waals surface area contributed by atoms with Crippen LogP contribution in [0.25, 0.3) is 11.1 Å². The number of nitrogens with zero attached hydrogens (tertiary/aromatic N) is 1. The lowest BCUT2D eigenvalue weighted by atomic mass is 10.0. The summed E-state index contributed by atoms with van der Waals surface area (Å²) in [7, 11) is 0. The van der Waals surface area contributed by atoms with Crippen molar-refractivity contribution in [3.63, 3.8) is 0 Å². The predicted molar refractivity (Wildman–Crippen MR) is 107 cm³/mol. The summed E-state index contributed by atoms with van der Waals surface area (Å²) in [5.74, 6) is -3.19. The van der Waals surface area contributed by atoms with Gasteiger partial charge in [0, 0.05) is 12.1 Å². The topological polar surface area (TPSA) is 50.1 Å². The van der Waals surface area contributed by atoms with Gasteiger partial charge in [0.25, 0.3) is 0 Å². The summed E-state index contributed by atoms with van der Waals surface area (Å²) in [6, 6.07) is 18.1. The number of hydrogen-bond donors (Lipinski definition) is 0. The summed E-state index contributed by atoms with van der Waals surface area (Å²) >= 11 is 0. The van der Waals surface area contributed by atoms with Gasteiger partial charge in [0.2, 0.25) is 0 Å². The summed E-state index contributed by atoms with van der Waals surface area (Å²) in [4.78, 5) is 12.3. The van der Waals surface area contributed by atoms with Gasteiger partial charge in [-0.1, -0.05) is 49.7 Å². The molecule has 0 unspecified atom stereocenters. The number of rotatable bonds is 6. The highest BCUT2D eigenvalue weighted by Crippen LogP contribution is 2.23. The molecule has 0 fully saturated rings. The van der Waals surface area contributed by atoms with Crippen LogP contribution < -0.4 is 4.74 Å². The largest absolute Gasteiger partial charge is 0.423 e. The fourth-order valence-corrected chi connectivity index (χ4v) is 2.93. The van der Waals surface area contributed by atoms with Crippen LogP contribution in [-0.4, -0.2) is 5.97 Å². The molecular formula is C24H19F2NO2. The van der Waals surface area contributed by atoms with Crippen molar-refractivity contribution in [2.45, 2.75) is 26.2 Å². The fraction of sp³-hybridized carbons (Fsp3) is 0.167. The van der Waals surface area contributed by atoms with E-state index in [9.17, 15) is 13.6 Å². The predicted octanol–water partition coefficient (Wildman–Crippen LogP) is 6.07. The van der Waals surface area contributed by atoms with Gasteiger partial charge in [-0.3, -0.25) is 0 Å². The van der Waals surface area contributed by atoms with Crippen molar-refractivity contribution in [1.29, 1.82) is 5.26 Å². The van der Waals surface area contributed by atoms with Crippen molar-refractivity contribution >= 4 is 5.97 Å². The van der Waals surface area contributed by atoms with Crippen LogP contribution in [0.2, 0.25) is 0 Å². The summed E-state index contributed by atoms with van der Waals surface area (Å²) in [6.45, 7) is 2.16. The minimum absolute atomic E-state index is 0.249. The normalized spacial score (nSPS) is 10.4. The quantitative estimate of drug-likeness (QED) is 0.379. The van der Waals surface area contributed by atoms with Crippen LogP contribution in [0.4, 0.5) is 8.78 Å². The molecular weight excluding hydrogens is 372 g/mol. The first-order chi connectivity index (χ1) is 14.0. The Balaban J connectivity index is 1.71. The molecule has 5 heteroatoms. The molecule has 0 aliphatic heterocycles. The van der Waals surface area contributed by atoms with Crippen molar-refractivity contribution in [1.82, 2.24) is 0 Å². The van der Waals surface area contributed by atoms with E-state index in [4.69, 9.17) is 10.00 Å². The Bertz CT molecular complexity index is 1030. The molecule has 3 rings (SSSR count). The first kappa shape index (κ1) is 20.2. The minimum Gasteiger partial charge on any atom is -0.423 e. The Kier molecular flexibility index (Phi) is 6.36.